The normalized spacial score (nSPS) is 12.9. The second-order valence-corrected chi connectivity index (χ2v) is 17.9. The zero-order valence-electron chi connectivity index (χ0n) is 32.1. The maximum Gasteiger partial charge on any atom is 0.198 e. The standard InChI is InChI=1S/C52H34BN2O2S/c1-52(2,3)28-16-18-29(19-17-28)54-40-27-47-38(32-12-6-9-15-46(32)58-47)24-36(40)33-20-21-35-48-41(23-22-34-30-10-4-8-14-44(30)57-51(34)48)55-42-25-37-31-11-5-7-13-43(31)56-45(37)26-39(42)53-49(33)50(35)55/h4-27,54H,1-3H3. The topological polar surface area (TPSA) is 43.2 Å². The second-order valence-electron chi connectivity index (χ2n) is 16.8. The molecule has 8 aromatic carbocycles. The number of anilines is 2. The van der Waals surface area contributed by atoms with Crippen LogP contribution in [0.4, 0.5) is 11.4 Å². The van der Waals surface area contributed by atoms with Gasteiger partial charge in [-0.1, -0.05) is 105 Å². The molecule has 4 aromatic heterocycles. The third kappa shape index (κ3) is 4.46. The van der Waals surface area contributed by atoms with E-state index in [9.17, 15) is 0 Å². The zero-order valence-corrected chi connectivity index (χ0v) is 32.9. The fraction of sp³-hybridized carbons (Fsp3) is 0.0769. The summed E-state index contributed by atoms with van der Waals surface area (Å²) in [6, 6.07) is 52.9. The molecule has 1 N–H and O–H groups in total. The summed E-state index contributed by atoms with van der Waals surface area (Å²) in [6.07, 6.45) is 0. The first-order valence-corrected chi connectivity index (χ1v) is 20.7. The third-order valence-electron chi connectivity index (χ3n) is 12.4. The predicted molar refractivity (Wildman–Crippen MR) is 247 cm³/mol. The Kier molecular flexibility index (Phi) is 6.37. The Balaban J connectivity index is 1.13. The molecule has 4 nitrogen and oxygen atoms in total. The largest absolute Gasteiger partial charge is 0.456 e. The minimum Gasteiger partial charge on any atom is -0.456 e. The number of para-hydroxylation sites is 2. The van der Waals surface area contributed by atoms with E-state index >= 15 is 0 Å². The Bertz CT molecular complexity index is 3720. The van der Waals surface area contributed by atoms with E-state index < -0.39 is 0 Å². The van der Waals surface area contributed by atoms with Crippen molar-refractivity contribution in [2.24, 2.45) is 0 Å². The highest BCUT2D eigenvalue weighted by molar-refractivity contribution is 7.25. The summed E-state index contributed by atoms with van der Waals surface area (Å²) in [5, 5.41) is 13.2. The first-order chi connectivity index (χ1) is 28.4. The number of hydrogen-bond donors (Lipinski definition) is 1. The number of thiophene rings is 1. The molecule has 0 aliphatic carbocycles. The molecule has 13 rings (SSSR count). The summed E-state index contributed by atoms with van der Waals surface area (Å²) < 4.78 is 18.3. The SMILES string of the molecule is CC(C)(C)c1ccc(Nc2cc3sc4ccccc4c3cc2-c2ccc3c4c5oc6ccccc6c5ccc4n4c3c2[B]c2cc3oc5ccccc5c3cc2-4)cc1. The number of hydrogen-bond acceptors (Lipinski definition) is 4. The molecule has 1 radical (unpaired) electrons. The molecule has 5 heterocycles. The van der Waals surface area contributed by atoms with Crippen LogP contribution in [-0.2, 0) is 5.41 Å². The molecule has 273 valence electrons. The van der Waals surface area contributed by atoms with Gasteiger partial charge in [0.25, 0.3) is 0 Å². The Morgan fingerprint density at radius 2 is 1.29 bits per heavy atom. The first-order valence-electron chi connectivity index (χ1n) is 19.9. The summed E-state index contributed by atoms with van der Waals surface area (Å²) in [6.45, 7) is 6.78. The van der Waals surface area contributed by atoms with Gasteiger partial charge in [-0.2, -0.15) is 0 Å². The lowest BCUT2D eigenvalue weighted by Gasteiger charge is -2.24. The Labute approximate surface area is 338 Å². The molecule has 1 aliphatic heterocycles. The van der Waals surface area contributed by atoms with E-state index in [4.69, 9.17) is 8.83 Å². The van der Waals surface area contributed by atoms with Gasteiger partial charge in [0.05, 0.1) is 10.9 Å². The van der Waals surface area contributed by atoms with Gasteiger partial charge >= 0.3 is 0 Å². The number of nitrogens with one attached hydrogen (secondary N) is 1. The van der Waals surface area contributed by atoms with Crippen LogP contribution < -0.4 is 16.2 Å². The first kappa shape index (κ1) is 32.3. The van der Waals surface area contributed by atoms with E-state index in [2.05, 4.69) is 171 Å². The van der Waals surface area contributed by atoms with Crippen molar-refractivity contribution in [2.45, 2.75) is 26.2 Å². The number of furan rings is 2. The van der Waals surface area contributed by atoms with Crippen molar-refractivity contribution in [3.05, 3.63) is 151 Å². The number of nitrogens with zero attached hydrogens (tertiary/aromatic N) is 1. The van der Waals surface area contributed by atoms with Gasteiger partial charge in [-0.3, -0.25) is 0 Å². The molecule has 0 amide bonds. The van der Waals surface area contributed by atoms with Crippen LogP contribution in [0.15, 0.2) is 154 Å². The number of aromatic nitrogens is 1. The lowest BCUT2D eigenvalue weighted by atomic mass is 9.59. The van der Waals surface area contributed by atoms with E-state index in [1.807, 2.05) is 23.5 Å². The second kappa shape index (κ2) is 11.4. The van der Waals surface area contributed by atoms with Crippen LogP contribution in [0, 0.1) is 0 Å². The highest BCUT2D eigenvalue weighted by Gasteiger charge is 2.30. The zero-order chi connectivity index (χ0) is 38.4. The number of rotatable bonds is 3. The van der Waals surface area contributed by atoms with Gasteiger partial charge in [-0.15, -0.1) is 11.3 Å². The van der Waals surface area contributed by atoms with Gasteiger partial charge in [0.1, 0.15) is 22.3 Å². The molecule has 1 aliphatic rings. The Morgan fingerprint density at radius 3 is 2.10 bits per heavy atom. The summed E-state index contributed by atoms with van der Waals surface area (Å²) in [5.41, 5.74) is 15.2. The van der Waals surface area contributed by atoms with E-state index in [1.54, 1.807) is 0 Å². The predicted octanol–water partition coefficient (Wildman–Crippen LogP) is 13.6. The van der Waals surface area contributed by atoms with Crippen LogP contribution in [-0.4, -0.2) is 11.8 Å². The third-order valence-corrected chi connectivity index (χ3v) is 13.5. The van der Waals surface area contributed by atoms with E-state index in [0.717, 1.165) is 82.9 Å². The smallest absolute Gasteiger partial charge is 0.198 e. The highest BCUT2D eigenvalue weighted by Crippen LogP contribution is 2.45. The minimum absolute atomic E-state index is 0.0736. The van der Waals surface area contributed by atoms with E-state index in [-0.39, 0.29) is 5.41 Å². The molecular formula is C52H34BN2O2S. The molecule has 0 fully saturated rings. The van der Waals surface area contributed by atoms with Crippen LogP contribution in [0.25, 0.3) is 103 Å². The van der Waals surface area contributed by atoms with Crippen LogP contribution in [0.1, 0.15) is 26.3 Å². The maximum absolute atomic E-state index is 6.76. The van der Waals surface area contributed by atoms with Crippen molar-refractivity contribution in [1.29, 1.82) is 0 Å². The van der Waals surface area contributed by atoms with Crippen LogP contribution in [0.3, 0.4) is 0 Å². The molecule has 0 spiro atoms. The maximum atomic E-state index is 6.76. The summed E-state index contributed by atoms with van der Waals surface area (Å²) in [7, 11) is 2.38. The molecule has 0 saturated heterocycles. The number of benzene rings is 8. The van der Waals surface area contributed by atoms with Crippen molar-refractivity contribution in [3.8, 4) is 16.8 Å². The molecule has 0 saturated carbocycles. The fourth-order valence-corrected chi connectivity index (χ4v) is 10.7. The minimum atomic E-state index is 0.0736. The van der Waals surface area contributed by atoms with Crippen molar-refractivity contribution in [3.63, 3.8) is 0 Å². The van der Waals surface area contributed by atoms with Crippen LogP contribution >= 0.6 is 11.3 Å². The Hall–Kier alpha value is -6.76. The molecule has 6 heteroatoms. The van der Waals surface area contributed by atoms with Crippen molar-refractivity contribution >= 4 is 127 Å². The van der Waals surface area contributed by atoms with Crippen LogP contribution in [0.5, 0.6) is 0 Å². The molecule has 0 atom stereocenters. The molecule has 0 unspecified atom stereocenters. The van der Waals surface area contributed by atoms with Gasteiger partial charge in [0, 0.05) is 75.2 Å². The van der Waals surface area contributed by atoms with Crippen molar-refractivity contribution in [1.82, 2.24) is 4.57 Å². The molecule has 58 heavy (non-hydrogen) atoms. The quantitative estimate of drug-likeness (QED) is 0.182. The summed E-state index contributed by atoms with van der Waals surface area (Å²) >= 11 is 1.85. The summed E-state index contributed by atoms with van der Waals surface area (Å²) in [5.74, 6) is 0. The molecule has 0 bridgehead atoms. The Morgan fingerprint density at radius 1 is 0.569 bits per heavy atom. The monoisotopic (exact) mass is 761 g/mol. The van der Waals surface area contributed by atoms with E-state index in [0.29, 0.717) is 0 Å². The van der Waals surface area contributed by atoms with Crippen molar-refractivity contribution in [2.75, 3.05) is 5.32 Å². The van der Waals surface area contributed by atoms with Crippen molar-refractivity contribution < 1.29 is 8.83 Å². The lowest BCUT2D eigenvalue weighted by Crippen LogP contribution is -2.37. The average molecular weight is 762 g/mol. The average Bonchev–Trinajstić information content (AvgIpc) is 3.99. The van der Waals surface area contributed by atoms with Gasteiger partial charge in [-0.05, 0) is 88.7 Å². The van der Waals surface area contributed by atoms with E-state index in [1.165, 1.54) is 47.7 Å². The van der Waals surface area contributed by atoms with Gasteiger partial charge in [0.2, 0.25) is 0 Å². The molecular weight excluding hydrogens is 727 g/mol. The highest BCUT2D eigenvalue weighted by atomic mass is 32.1. The van der Waals surface area contributed by atoms with Crippen LogP contribution in [0.2, 0.25) is 0 Å². The lowest BCUT2D eigenvalue weighted by molar-refractivity contribution is 0.590. The molecule has 12 aromatic rings. The fourth-order valence-electron chi connectivity index (χ4n) is 9.57. The van der Waals surface area contributed by atoms with Gasteiger partial charge < -0.3 is 18.7 Å². The number of fused-ring (bicyclic) bond motifs is 15. The van der Waals surface area contributed by atoms with Gasteiger partial charge in [0.15, 0.2) is 7.28 Å². The van der Waals surface area contributed by atoms with Gasteiger partial charge in [-0.25, -0.2) is 0 Å². The summed E-state index contributed by atoms with van der Waals surface area (Å²) in [4.78, 5) is 0.